The fraction of sp³-hybridized carbons (Fsp3) is 0.571. The second kappa shape index (κ2) is 4.68. The molecule has 10 heavy (non-hydrogen) atoms. The van der Waals surface area contributed by atoms with Gasteiger partial charge in [0.2, 0.25) is 0 Å². The van der Waals surface area contributed by atoms with E-state index >= 15 is 0 Å². The van der Waals surface area contributed by atoms with Crippen molar-refractivity contribution < 1.29 is 4.74 Å². The second-order valence-corrected chi connectivity index (χ2v) is 1.75. The van der Waals surface area contributed by atoms with E-state index in [1.54, 1.807) is 14.0 Å². The molecule has 0 rings (SSSR count). The van der Waals surface area contributed by atoms with Gasteiger partial charge < -0.3 is 10.1 Å². The number of allylic oxidation sites excluding steroid dienone is 1. The Hall–Kier alpha value is -1.17. The molecule has 0 bridgehead atoms. The van der Waals surface area contributed by atoms with Gasteiger partial charge >= 0.3 is 0 Å². The highest BCUT2D eigenvalue weighted by Crippen LogP contribution is 1.99. The summed E-state index contributed by atoms with van der Waals surface area (Å²) in [6.07, 6.45) is 0. The Kier molecular flexibility index (Phi) is 4.14. The first-order valence-corrected chi connectivity index (χ1v) is 3.17. The Labute approximate surface area is 61.3 Å². The van der Waals surface area contributed by atoms with Crippen LogP contribution in [-0.4, -0.2) is 13.7 Å². The molecule has 0 heterocycles. The van der Waals surface area contributed by atoms with Crippen molar-refractivity contribution in [3.63, 3.8) is 0 Å². The van der Waals surface area contributed by atoms with Crippen molar-refractivity contribution in [2.75, 3.05) is 13.7 Å². The molecule has 0 saturated carbocycles. The van der Waals surface area contributed by atoms with E-state index in [0.29, 0.717) is 18.1 Å². The van der Waals surface area contributed by atoms with Gasteiger partial charge in [-0.15, -0.1) is 0 Å². The molecule has 0 aromatic heterocycles. The summed E-state index contributed by atoms with van der Waals surface area (Å²) in [5, 5.41) is 11.2. The first kappa shape index (κ1) is 8.83. The molecule has 0 aromatic rings. The van der Waals surface area contributed by atoms with E-state index in [2.05, 4.69) is 5.32 Å². The minimum atomic E-state index is 0.560. The van der Waals surface area contributed by atoms with Crippen molar-refractivity contribution in [1.82, 2.24) is 5.32 Å². The molecule has 0 aliphatic heterocycles. The second-order valence-electron chi connectivity index (χ2n) is 1.75. The maximum Gasteiger partial charge on any atom is 0.200 e. The maximum atomic E-state index is 8.44. The molecule has 3 nitrogen and oxygen atoms in total. The van der Waals surface area contributed by atoms with Gasteiger partial charge in [-0.2, -0.15) is 5.26 Å². The standard InChI is InChI=1S/C7H12N2O/c1-4-10-7(9-3)6(2)5-8/h9H,4H2,1-3H3/b7-6+. The molecule has 0 unspecified atom stereocenters. The summed E-state index contributed by atoms with van der Waals surface area (Å²) in [5.41, 5.74) is 0.573. The van der Waals surface area contributed by atoms with Gasteiger partial charge in [0.25, 0.3) is 0 Å². The van der Waals surface area contributed by atoms with Crippen LogP contribution in [0.25, 0.3) is 0 Å². The lowest BCUT2D eigenvalue weighted by Gasteiger charge is -2.06. The van der Waals surface area contributed by atoms with E-state index in [1.807, 2.05) is 13.0 Å². The van der Waals surface area contributed by atoms with Crippen LogP contribution in [0.1, 0.15) is 13.8 Å². The smallest absolute Gasteiger partial charge is 0.200 e. The van der Waals surface area contributed by atoms with Crippen LogP contribution in [0.4, 0.5) is 0 Å². The van der Waals surface area contributed by atoms with Crippen LogP contribution in [0.3, 0.4) is 0 Å². The predicted molar refractivity (Wildman–Crippen MR) is 39.0 cm³/mol. The summed E-state index contributed by atoms with van der Waals surface area (Å²) in [4.78, 5) is 0. The molecule has 1 N–H and O–H groups in total. The Morgan fingerprint density at radius 3 is 2.60 bits per heavy atom. The third-order valence-corrected chi connectivity index (χ3v) is 1.02. The molecule has 0 radical (unpaired) electrons. The van der Waals surface area contributed by atoms with Gasteiger partial charge in [-0.05, 0) is 13.8 Å². The Morgan fingerprint density at radius 1 is 1.70 bits per heavy atom. The van der Waals surface area contributed by atoms with Crippen molar-refractivity contribution in [2.24, 2.45) is 0 Å². The SMILES string of the molecule is CCO/C(NC)=C(\C)C#N. The molecule has 0 saturated heterocycles. The van der Waals surface area contributed by atoms with E-state index in [-0.39, 0.29) is 0 Å². The predicted octanol–water partition coefficient (Wildman–Crippen LogP) is 0.997. The van der Waals surface area contributed by atoms with Gasteiger partial charge in [-0.1, -0.05) is 0 Å². The number of rotatable bonds is 3. The third-order valence-electron chi connectivity index (χ3n) is 1.02. The Bertz CT molecular complexity index is 167. The molecule has 3 heteroatoms. The zero-order valence-electron chi connectivity index (χ0n) is 6.56. The first-order chi connectivity index (χ1) is 4.76. The van der Waals surface area contributed by atoms with Crippen molar-refractivity contribution in [1.29, 1.82) is 5.26 Å². The minimum Gasteiger partial charge on any atom is -0.479 e. The summed E-state index contributed by atoms with van der Waals surface area (Å²) in [5.74, 6) is 0.560. The largest absolute Gasteiger partial charge is 0.479 e. The van der Waals surface area contributed by atoms with Crippen LogP contribution in [0.5, 0.6) is 0 Å². The quantitative estimate of drug-likeness (QED) is 0.470. The van der Waals surface area contributed by atoms with Crippen LogP contribution < -0.4 is 5.32 Å². The van der Waals surface area contributed by atoms with Gasteiger partial charge in [-0.3, -0.25) is 0 Å². The molecule has 0 aromatic carbocycles. The molecule has 0 spiro atoms. The molecular formula is C7H12N2O. The lowest BCUT2D eigenvalue weighted by atomic mass is 10.3. The van der Waals surface area contributed by atoms with E-state index in [9.17, 15) is 0 Å². The van der Waals surface area contributed by atoms with Crippen LogP contribution in [0.15, 0.2) is 11.5 Å². The highest BCUT2D eigenvalue weighted by molar-refractivity contribution is 5.20. The zero-order chi connectivity index (χ0) is 7.98. The number of hydrogen-bond donors (Lipinski definition) is 1. The molecule has 0 aliphatic rings. The zero-order valence-corrected chi connectivity index (χ0v) is 6.56. The molecule has 56 valence electrons. The van der Waals surface area contributed by atoms with Crippen LogP contribution in [-0.2, 0) is 4.74 Å². The normalized spacial score (nSPS) is 11.4. The Morgan fingerprint density at radius 2 is 2.30 bits per heavy atom. The minimum absolute atomic E-state index is 0.560. The highest BCUT2D eigenvalue weighted by atomic mass is 16.5. The summed E-state index contributed by atoms with van der Waals surface area (Å²) in [6.45, 7) is 4.17. The molecule has 0 aliphatic carbocycles. The molecule has 0 amide bonds. The van der Waals surface area contributed by atoms with Crippen molar-refractivity contribution >= 4 is 0 Å². The Balaban J connectivity index is 4.18. The average Bonchev–Trinajstić information content (AvgIpc) is 1.99. The third kappa shape index (κ3) is 2.40. The van der Waals surface area contributed by atoms with Crippen molar-refractivity contribution in [2.45, 2.75) is 13.8 Å². The number of nitrogens with one attached hydrogen (secondary N) is 1. The monoisotopic (exact) mass is 140 g/mol. The van der Waals surface area contributed by atoms with Crippen molar-refractivity contribution in [3.05, 3.63) is 11.5 Å². The van der Waals surface area contributed by atoms with Crippen LogP contribution >= 0.6 is 0 Å². The fourth-order valence-electron chi connectivity index (χ4n) is 0.563. The molecule has 0 fully saturated rings. The first-order valence-electron chi connectivity index (χ1n) is 3.17. The van der Waals surface area contributed by atoms with E-state index in [1.165, 1.54) is 0 Å². The van der Waals surface area contributed by atoms with E-state index in [4.69, 9.17) is 10.00 Å². The van der Waals surface area contributed by atoms with Crippen molar-refractivity contribution in [3.8, 4) is 6.07 Å². The van der Waals surface area contributed by atoms with Gasteiger partial charge in [0.05, 0.1) is 18.2 Å². The summed E-state index contributed by atoms with van der Waals surface area (Å²) in [6, 6.07) is 1.99. The molecule has 0 atom stereocenters. The number of hydrogen-bond acceptors (Lipinski definition) is 3. The van der Waals surface area contributed by atoms with Gasteiger partial charge in [0.15, 0.2) is 5.88 Å². The number of nitrogens with zero attached hydrogens (tertiary/aromatic N) is 1. The summed E-state index contributed by atoms with van der Waals surface area (Å²) < 4.78 is 5.09. The van der Waals surface area contributed by atoms with Crippen LogP contribution in [0, 0.1) is 11.3 Å². The lowest BCUT2D eigenvalue weighted by Crippen LogP contribution is -2.11. The summed E-state index contributed by atoms with van der Waals surface area (Å²) in [7, 11) is 1.73. The van der Waals surface area contributed by atoms with E-state index < -0.39 is 0 Å². The van der Waals surface area contributed by atoms with Gasteiger partial charge in [0, 0.05) is 7.05 Å². The fourth-order valence-corrected chi connectivity index (χ4v) is 0.563. The number of nitriles is 1. The van der Waals surface area contributed by atoms with Gasteiger partial charge in [-0.25, -0.2) is 0 Å². The van der Waals surface area contributed by atoms with Crippen LogP contribution in [0.2, 0.25) is 0 Å². The van der Waals surface area contributed by atoms with E-state index in [0.717, 1.165) is 0 Å². The molecular weight excluding hydrogens is 128 g/mol. The maximum absolute atomic E-state index is 8.44. The lowest BCUT2D eigenvalue weighted by molar-refractivity contribution is 0.208. The topological polar surface area (TPSA) is 45.0 Å². The summed E-state index contributed by atoms with van der Waals surface area (Å²) >= 11 is 0. The average molecular weight is 140 g/mol. The number of ether oxygens (including phenoxy) is 1. The highest BCUT2D eigenvalue weighted by Gasteiger charge is 1.97. The van der Waals surface area contributed by atoms with Gasteiger partial charge in [0.1, 0.15) is 0 Å².